The monoisotopic (exact) mass is 489 g/mol. The number of allylic oxidation sites excluding steroid dienone is 2. The number of aliphatic hydroxyl groups is 2. The van der Waals surface area contributed by atoms with Gasteiger partial charge in [0.1, 0.15) is 18.9 Å². The Bertz CT molecular complexity index is 964. The number of nitrogens with zero attached hydrogens (tertiary/aromatic N) is 1. The van der Waals surface area contributed by atoms with E-state index in [0.717, 1.165) is 11.8 Å². The quantitative estimate of drug-likeness (QED) is 0.433. The van der Waals surface area contributed by atoms with Crippen LogP contribution in [0.15, 0.2) is 46.6 Å². The number of nitrogens with one attached hydrogen (secondary N) is 2. The number of aliphatic hydroxyl groups excluding tert-OH is 2. The highest BCUT2D eigenvalue weighted by atomic mass is 16.5. The number of hydrogen-bond acceptors (Lipinski definition) is 8. The molecule has 0 saturated heterocycles. The average molecular weight is 490 g/mol. The molecule has 0 spiro atoms. The normalized spacial score (nSPS) is 26.9. The zero-order chi connectivity index (χ0) is 26.0. The third-order valence-corrected chi connectivity index (χ3v) is 5.33. The van der Waals surface area contributed by atoms with Crippen LogP contribution in [0.25, 0.3) is 0 Å². The van der Waals surface area contributed by atoms with Crippen molar-refractivity contribution in [2.45, 2.75) is 58.8 Å². The lowest BCUT2D eigenvalue weighted by atomic mass is 9.94. The van der Waals surface area contributed by atoms with Gasteiger partial charge in [-0.1, -0.05) is 50.6 Å². The maximum atomic E-state index is 12.3. The molecule has 10 heteroatoms. The molecule has 0 saturated carbocycles. The Kier molecular flexibility index (Phi) is 10.9. The minimum Gasteiger partial charge on any atom is -0.460 e. The van der Waals surface area contributed by atoms with E-state index in [9.17, 15) is 24.6 Å². The highest BCUT2D eigenvalue weighted by molar-refractivity contribution is 5.94. The number of aromatic nitrogens is 1. The number of amides is 2. The molecular formula is C25H35N3O7. The van der Waals surface area contributed by atoms with Crippen LogP contribution < -0.4 is 10.6 Å². The third-order valence-electron chi connectivity index (χ3n) is 5.33. The molecule has 0 aliphatic carbocycles. The van der Waals surface area contributed by atoms with Crippen molar-refractivity contribution in [3.8, 4) is 0 Å². The molecule has 2 amide bonds. The van der Waals surface area contributed by atoms with Crippen LogP contribution in [0, 0.1) is 11.8 Å². The van der Waals surface area contributed by atoms with Gasteiger partial charge in [0.05, 0.1) is 18.6 Å². The van der Waals surface area contributed by atoms with E-state index in [1.165, 1.54) is 6.08 Å². The van der Waals surface area contributed by atoms with E-state index in [1.54, 1.807) is 31.2 Å². The SMILES string of the molecule is CC1=C[C@@H](O)C[C@@H](O)Cc2nc(co2)C(=O)NCC(=O)O[C@H](C(C)C)[C@H](C)/C=C/C(=O)NCC=C1. The van der Waals surface area contributed by atoms with Gasteiger partial charge in [-0.2, -0.15) is 0 Å². The predicted octanol–water partition coefficient (Wildman–Crippen LogP) is 1.45. The second-order valence-corrected chi connectivity index (χ2v) is 8.95. The molecule has 4 atom stereocenters. The predicted molar refractivity (Wildman–Crippen MR) is 128 cm³/mol. The summed E-state index contributed by atoms with van der Waals surface area (Å²) in [5.41, 5.74) is 0.723. The molecule has 0 aromatic carbocycles. The zero-order valence-corrected chi connectivity index (χ0v) is 20.6. The largest absolute Gasteiger partial charge is 0.460 e. The van der Waals surface area contributed by atoms with E-state index in [-0.39, 0.29) is 55.3 Å². The summed E-state index contributed by atoms with van der Waals surface area (Å²) in [6.45, 7) is 7.35. The lowest BCUT2D eigenvalue weighted by Gasteiger charge is -2.25. The van der Waals surface area contributed by atoms with Crippen molar-refractivity contribution in [3.05, 3.63) is 53.8 Å². The molecule has 2 heterocycles. The number of ether oxygens (including phenoxy) is 1. The molecule has 0 unspecified atom stereocenters. The van der Waals surface area contributed by atoms with Crippen molar-refractivity contribution >= 4 is 17.8 Å². The van der Waals surface area contributed by atoms with Crippen LogP contribution in [0.5, 0.6) is 0 Å². The summed E-state index contributed by atoms with van der Waals surface area (Å²) in [5, 5.41) is 25.6. The second-order valence-electron chi connectivity index (χ2n) is 8.95. The average Bonchev–Trinajstić information content (AvgIpc) is 3.24. The van der Waals surface area contributed by atoms with Crippen LogP contribution in [-0.4, -0.2) is 64.4 Å². The van der Waals surface area contributed by atoms with E-state index < -0.39 is 30.2 Å². The van der Waals surface area contributed by atoms with Gasteiger partial charge in [0.25, 0.3) is 5.91 Å². The standard InChI is InChI=1S/C25H35N3O7/c1-15(2)24-17(4)7-8-21(31)26-9-5-6-16(3)10-18(29)11-19(30)12-22-28-20(14-34-22)25(33)27-13-23(32)35-24/h5-8,10,14-15,17-19,24,29-30H,9,11-13H2,1-4H3,(H,26,31)(H,27,33)/b6-5?,8-7+,16-10?/t17-,18-,19-,24-/m1/s1. The highest BCUT2D eigenvalue weighted by Crippen LogP contribution is 2.18. The molecule has 4 N–H and O–H groups in total. The van der Waals surface area contributed by atoms with Crippen molar-refractivity contribution in [1.82, 2.24) is 15.6 Å². The minimum atomic E-state index is -0.954. The summed E-state index contributed by atoms with van der Waals surface area (Å²) in [6, 6.07) is 0. The fourth-order valence-corrected chi connectivity index (χ4v) is 3.60. The molecule has 1 aromatic heterocycles. The molecule has 192 valence electrons. The Balaban J connectivity index is 2.18. The van der Waals surface area contributed by atoms with Crippen LogP contribution in [0.4, 0.5) is 0 Å². The second kappa shape index (κ2) is 13.6. The Morgan fingerprint density at radius 1 is 1.14 bits per heavy atom. The number of hydrogen-bond donors (Lipinski definition) is 4. The third kappa shape index (κ3) is 9.87. The van der Waals surface area contributed by atoms with Gasteiger partial charge in [-0.05, 0) is 18.9 Å². The number of fused-ring (bicyclic) bond motifs is 2. The van der Waals surface area contributed by atoms with E-state index in [0.29, 0.717) is 0 Å². The maximum Gasteiger partial charge on any atom is 0.325 e. The Morgan fingerprint density at radius 3 is 2.60 bits per heavy atom. The molecule has 35 heavy (non-hydrogen) atoms. The number of carbonyl (C=O) groups excluding carboxylic acids is 3. The van der Waals surface area contributed by atoms with Gasteiger partial charge in [0, 0.05) is 18.9 Å². The van der Waals surface area contributed by atoms with Crippen molar-refractivity contribution in [2.75, 3.05) is 13.1 Å². The van der Waals surface area contributed by atoms with E-state index in [2.05, 4.69) is 15.6 Å². The molecule has 2 rings (SSSR count). The first-order chi connectivity index (χ1) is 16.5. The summed E-state index contributed by atoms with van der Waals surface area (Å²) in [5.74, 6) is -1.68. The smallest absolute Gasteiger partial charge is 0.325 e. The lowest BCUT2D eigenvalue weighted by molar-refractivity contribution is -0.152. The first kappa shape index (κ1) is 28.0. The zero-order valence-electron chi connectivity index (χ0n) is 20.6. The Labute approximate surface area is 205 Å². The molecule has 1 aliphatic rings. The summed E-state index contributed by atoms with van der Waals surface area (Å²) >= 11 is 0. The van der Waals surface area contributed by atoms with Gasteiger partial charge in [-0.15, -0.1) is 0 Å². The highest BCUT2D eigenvalue weighted by Gasteiger charge is 2.24. The number of esters is 1. The van der Waals surface area contributed by atoms with Crippen LogP contribution in [0.2, 0.25) is 0 Å². The summed E-state index contributed by atoms with van der Waals surface area (Å²) in [6.07, 6.45) is 6.99. The van der Waals surface area contributed by atoms with Gasteiger partial charge in [-0.3, -0.25) is 14.4 Å². The van der Waals surface area contributed by atoms with Gasteiger partial charge in [0.15, 0.2) is 11.6 Å². The molecule has 0 radical (unpaired) electrons. The lowest BCUT2D eigenvalue weighted by Crippen LogP contribution is -2.36. The fraction of sp³-hybridized carbons (Fsp3) is 0.520. The summed E-state index contributed by atoms with van der Waals surface area (Å²) < 4.78 is 10.8. The van der Waals surface area contributed by atoms with Crippen molar-refractivity contribution in [1.29, 1.82) is 0 Å². The van der Waals surface area contributed by atoms with Crippen LogP contribution >= 0.6 is 0 Å². The molecule has 1 aromatic rings. The first-order valence-corrected chi connectivity index (χ1v) is 11.6. The van der Waals surface area contributed by atoms with Crippen molar-refractivity contribution < 1.29 is 33.8 Å². The van der Waals surface area contributed by atoms with Gasteiger partial charge in [0.2, 0.25) is 5.91 Å². The molecule has 0 fully saturated rings. The van der Waals surface area contributed by atoms with Gasteiger partial charge >= 0.3 is 5.97 Å². The Hall–Kier alpha value is -3.24. The fourth-order valence-electron chi connectivity index (χ4n) is 3.60. The van der Waals surface area contributed by atoms with Crippen LogP contribution in [-0.2, 0) is 20.7 Å². The molecule has 10 nitrogen and oxygen atoms in total. The number of rotatable bonds is 1. The molecule has 2 bridgehead atoms. The van der Waals surface area contributed by atoms with Crippen molar-refractivity contribution in [2.24, 2.45) is 11.8 Å². The van der Waals surface area contributed by atoms with Crippen molar-refractivity contribution in [3.63, 3.8) is 0 Å². The van der Waals surface area contributed by atoms with E-state index in [1.807, 2.05) is 20.8 Å². The number of oxazole rings is 1. The van der Waals surface area contributed by atoms with Gasteiger partial charge in [-0.25, -0.2) is 4.98 Å². The van der Waals surface area contributed by atoms with E-state index >= 15 is 0 Å². The summed E-state index contributed by atoms with van der Waals surface area (Å²) in [4.78, 5) is 40.8. The molecular weight excluding hydrogens is 454 g/mol. The van der Waals surface area contributed by atoms with Crippen LogP contribution in [0.1, 0.15) is 50.5 Å². The number of carbonyl (C=O) groups is 3. The molecule has 1 aliphatic heterocycles. The van der Waals surface area contributed by atoms with E-state index in [4.69, 9.17) is 9.15 Å². The number of cyclic esters (lactones) is 1. The summed E-state index contributed by atoms with van der Waals surface area (Å²) in [7, 11) is 0. The van der Waals surface area contributed by atoms with Gasteiger partial charge < -0.3 is 30.0 Å². The first-order valence-electron chi connectivity index (χ1n) is 11.6. The topological polar surface area (TPSA) is 151 Å². The van der Waals surface area contributed by atoms with Crippen LogP contribution in [0.3, 0.4) is 0 Å². The maximum absolute atomic E-state index is 12.3. The minimum absolute atomic E-state index is 0.00208. The Morgan fingerprint density at radius 2 is 1.89 bits per heavy atom.